The summed E-state index contributed by atoms with van der Waals surface area (Å²) in [5.41, 5.74) is 1.56. The zero-order chi connectivity index (χ0) is 14.0. The first-order valence-electron chi connectivity index (χ1n) is 5.33. The van der Waals surface area contributed by atoms with Crippen LogP contribution in [0.15, 0.2) is 28.9 Å². The molecule has 0 saturated heterocycles. The van der Waals surface area contributed by atoms with Crippen LogP contribution in [-0.2, 0) is 0 Å². The van der Waals surface area contributed by atoms with Gasteiger partial charge in [-0.25, -0.2) is 4.79 Å². The number of aromatic nitrogens is 2. The second kappa shape index (κ2) is 5.23. The lowest BCUT2D eigenvalue weighted by Crippen LogP contribution is -2.13. The number of aryl methyl sites for hydroxylation is 1. The van der Waals surface area contributed by atoms with E-state index in [-0.39, 0.29) is 11.5 Å². The Morgan fingerprint density at radius 1 is 1.37 bits per heavy atom. The van der Waals surface area contributed by atoms with Crippen molar-refractivity contribution >= 4 is 33.5 Å². The Morgan fingerprint density at radius 3 is 2.68 bits per heavy atom. The number of hydrogen-bond donors (Lipinski definition) is 3. The van der Waals surface area contributed by atoms with Crippen molar-refractivity contribution in [3.8, 4) is 0 Å². The summed E-state index contributed by atoms with van der Waals surface area (Å²) < 4.78 is 0.456. The highest BCUT2D eigenvalue weighted by Gasteiger charge is 2.13. The van der Waals surface area contributed by atoms with Crippen LogP contribution in [0.3, 0.4) is 0 Å². The number of benzene rings is 1. The minimum absolute atomic E-state index is 0.0849. The molecule has 2 aromatic rings. The third kappa shape index (κ3) is 2.82. The molecule has 19 heavy (non-hydrogen) atoms. The molecule has 6 nitrogen and oxygen atoms in total. The van der Waals surface area contributed by atoms with Gasteiger partial charge in [0.05, 0.1) is 17.3 Å². The Hall–Kier alpha value is -2.15. The Morgan fingerprint density at radius 2 is 2.11 bits per heavy atom. The maximum absolute atomic E-state index is 11.9. The first kappa shape index (κ1) is 13.3. The SMILES string of the molecule is Cc1[nH]ncc1C(=O)Nc1ccc(Br)c(C(=O)O)c1. The summed E-state index contributed by atoms with van der Waals surface area (Å²) in [5.74, 6) is -1.41. The zero-order valence-electron chi connectivity index (χ0n) is 9.90. The summed E-state index contributed by atoms with van der Waals surface area (Å²) in [7, 11) is 0. The molecule has 0 saturated carbocycles. The van der Waals surface area contributed by atoms with Gasteiger partial charge in [0, 0.05) is 15.9 Å². The molecular weight excluding hydrogens is 314 g/mol. The number of carbonyl (C=O) groups excluding carboxylic acids is 1. The summed E-state index contributed by atoms with van der Waals surface area (Å²) in [6.45, 7) is 1.73. The quantitative estimate of drug-likeness (QED) is 0.808. The highest BCUT2D eigenvalue weighted by atomic mass is 79.9. The van der Waals surface area contributed by atoms with E-state index in [0.29, 0.717) is 21.4 Å². The highest BCUT2D eigenvalue weighted by Crippen LogP contribution is 2.21. The molecule has 0 aliphatic carbocycles. The van der Waals surface area contributed by atoms with Crippen LogP contribution in [0.2, 0.25) is 0 Å². The molecule has 0 spiro atoms. The molecule has 0 aliphatic rings. The van der Waals surface area contributed by atoms with E-state index in [4.69, 9.17) is 5.11 Å². The molecule has 0 radical (unpaired) electrons. The van der Waals surface area contributed by atoms with Crippen molar-refractivity contribution in [2.24, 2.45) is 0 Å². The molecule has 0 bridgehead atoms. The van der Waals surface area contributed by atoms with E-state index < -0.39 is 5.97 Å². The number of carboxylic acids is 1. The number of carbonyl (C=O) groups is 2. The third-order valence-corrected chi connectivity index (χ3v) is 3.22. The van der Waals surface area contributed by atoms with E-state index in [9.17, 15) is 9.59 Å². The number of nitrogens with zero attached hydrogens (tertiary/aromatic N) is 1. The Bertz CT molecular complexity index is 651. The van der Waals surface area contributed by atoms with Gasteiger partial charge in [-0.15, -0.1) is 0 Å². The van der Waals surface area contributed by atoms with Crippen molar-refractivity contribution in [1.82, 2.24) is 10.2 Å². The summed E-state index contributed by atoms with van der Waals surface area (Å²) in [5, 5.41) is 18.0. The van der Waals surface area contributed by atoms with Gasteiger partial charge in [-0.1, -0.05) is 0 Å². The number of amides is 1. The van der Waals surface area contributed by atoms with Gasteiger partial charge in [0.25, 0.3) is 5.91 Å². The molecule has 1 aromatic carbocycles. The number of anilines is 1. The molecule has 0 unspecified atom stereocenters. The predicted molar refractivity (Wildman–Crippen MR) is 72.4 cm³/mol. The van der Waals surface area contributed by atoms with E-state index >= 15 is 0 Å². The van der Waals surface area contributed by atoms with Crippen molar-refractivity contribution in [2.45, 2.75) is 6.92 Å². The molecule has 3 N–H and O–H groups in total. The second-order valence-corrected chi connectivity index (χ2v) is 4.72. The van der Waals surface area contributed by atoms with Crippen molar-refractivity contribution in [3.63, 3.8) is 0 Å². The van der Waals surface area contributed by atoms with Crippen LogP contribution in [0.25, 0.3) is 0 Å². The van der Waals surface area contributed by atoms with Crippen LogP contribution < -0.4 is 5.32 Å². The molecular formula is C12H10BrN3O3. The van der Waals surface area contributed by atoms with Crippen LogP contribution in [0.1, 0.15) is 26.4 Å². The maximum atomic E-state index is 11.9. The summed E-state index contributed by atoms with van der Waals surface area (Å²) in [6.07, 6.45) is 1.42. The van der Waals surface area contributed by atoms with Crippen LogP contribution in [-0.4, -0.2) is 27.2 Å². The largest absolute Gasteiger partial charge is 0.478 e. The molecule has 0 aliphatic heterocycles. The number of nitrogens with one attached hydrogen (secondary N) is 2. The highest BCUT2D eigenvalue weighted by molar-refractivity contribution is 9.10. The Balaban J connectivity index is 2.25. The van der Waals surface area contributed by atoms with Gasteiger partial charge in [0.2, 0.25) is 0 Å². The van der Waals surface area contributed by atoms with Crippen LogP contribution in [0.4, 0.5) is 5.69 Å². The zero-order valence-corrected chi connectivity index (χ0v) is 11.5. The molecule has 1 amide bonds. The number of hydrogen-bond acceptors (Lipinski definition) is 3. The van der Waals surface area contributed by atoms with E-state index in [2.05, 4.69) is 31.4 Å². The van der Waals surface area contributed by atoms with Crippen molar-refractivity contribution in [1.29, 1.82) is 0 Å². The van der Waals surface area contributed by atoms with Crippen LogP contribution in [0.5, 0.6) is 0 Å². The second-order valence-electron chi connectivity index (χ2n) is 3.86. The van der Waals surface area contributed by atoms with Crippen LogP contribution >= 0.6 is 15.9 Å². The number of rotatable bonds is 3. The molecule has 1 heterocycles. The van der Waals surface area contributed by atoms with Crippen molar-refractivity contribution < 1.29 is 14.7 Å². The molecule has 2 rings (SSSR count). The Labute approximate surface area is 117 Å². The van der Waals surface area contributed by atoms with Gasteiger partial charge in [0.1, 0.15) is 0 Å². The normalized spacial score (nSPS) is 10.2. The summed E-state index contributed by atoms with van der Waals surface area (Å²) in [4.78, 5) is 22.9. The minimum Gasteiger partial charge on any atom is -0.478 e. The smallest absolute Gasteiger partial charge is 0.336 e. The van der Waals surface area contributed by atoms with E-state index in [1.165, 1.54) is 12.3 Å². The monoisotopic (exact) mass is 323 g/mol. The number of halogens is 1. The molecule has 7 heteroatoms. The van der Waals surface area contributed by atoms with Crippen LogP contribution in [0, 0.1) is 6.92 Å². The topological polar surface area (TPSA) is 95.1 Å². The van der Waals surface area contributed by atoms with Gasteiger partial charge in [-0.2, -0.15) is 5.10 Å². The lowest BCUT2D eigenvalue weighted by molar-refractivity contribution is 0.0695. The lowest BCUT2D eigenvalue weighted by atomic mass is 10.2. The van der Waals surface area contributed by atoms with E-state index in [1.54, 1.807) is 19.1 Å². The number of H-pyrrole nitrogens is 1. The average Bonchev–Trinajstić information content (AvgIpc) is 2.77. The number of aromatic amines is 1. The average molecular weight is 324 g/mol. The molecule has 1 aromatic heterocycles. The summed E-state index contributed by atoms with van der Waals surface area (Å²) in [6, 6.07) is 4.57. The number of carboxylic acid groups (broad SMARTS) is 1. The summed E-state index contributed by atoms with van der Waals surface area (Å²) >= 11 is 3.14. The Kier molecular flexibility index (Phi) is 3.66. The van der Waals surface area contributed by atoms with Gasteiger partial charge in [0.15, 0.2) is 0 Å². The van der Waals surface area contributed by atoms with Gasteiger partial charge < -0.3 is 10.4 Å². The van der Waals surface area contributed by atoms with E-state index in [1.807, 2.05) is 0 Å². The molecule has 0 fully saturated rings. The fraction of sp³-hybridized carbons (Fsp3) is 0.0833. The maximum Gasteiger partial charge on any atom is 0.336 e. The van der Waals surface area contributed by atoms with Gasteiger partial charge >= 0.3 is 5.97 Å². The van der Waals surface area contributed by atoms with Gasteiger partial charge in [-0.3, -0.25) is 9.89 Å². The lowest BCUT2D eigenvalue weighted by Gasteiger charge is -2.06. The molecule has 98 valence electrons. The first-order valence-corrected chi connectivity index (χ1v) is 6.12. The van der Waals surface area contributed by atoms with E-state index in [0.717, 1.165) is 0 Å². The predicted octanol–water partition coefficient (Wildman–Crippen LogP) is 2.43. The molecule has 0 atom stereocenters. The number of aromatic carboxylic acids is 1. The first-order chi connectivity index (χ1) is 8.99. The van der Waals surface area contributed by atoms with Gasteiger partial charge in [-0.05, 0) is 41.1 Å². The van der Waals surface area contributed by atoms with Crippen molar-refractivity contribution in [3.05, 3.63) is 45.7 Å². The fourth-order valence-corrected chi connectivity index (χ4v) is 1.96. The third-order valence-electron chi connectivity index (χ3n) is 2.53. The van der Waals surface area contributed by atoms with Crippen molar-refractivity contribution in [2.75, 3.05) is 5.32 Å². The fourth-order valence-electron chi connectivity index (χ4n) is 1.54. The standard InChI is InChI=1S/C12H10BrN3O3/c1-6-9(5-14-16-6)11(17)15-7-2-3-10(13)8(4-7)12(18)19/h2-5H,1H3,(H,14,16)(H,15,17)(H,18,19). The minimum atomic E-state index is -1.07.